The van der Waals surface area contributed by atoms with Gasteiger partial charge in [0, 0.05) is 25.4 Å². The third-order valence-electron chi connectivity index (χ3n) is 4.71. The van der Waals surface area contributed by atoms with Crippen molar-refractivity contribution in [2.75, 3.05) is 19.0 Å². The van der Waals surface area contributed by atoms with Gasteiger partial charge in [-0.2, -0.15) is 0 Å². The maximum atomic E-state index is 5.20. The Labute approximate surface area is 122 Å². The molecule has 4 nitrogen and oxygen atoms in total. The van der Waals surface area contributed by atoms with E-state index in [1.165, 1.54) is 19.3 Å². The van der Waals surface area contributed by atoms with Crippen LogP contribution in [0.5, 0.6) is 0 Å². The zero-order chi connectivity index (χ0) is 14.7. The molecule has 1 aromatic heterocycles. The number of anilines is 1. The molecule has 0 bridgehead atoms. The van der Waals surface area contributed by atoms with Gasteiger partial charge in [-0.3, -0.25) is 0 Å². The van der Waals surface area contributed by atoms with Crippen molar-refractivity contribution in [3.05, 3.63) is 11.9 Å². The number of ether oxygens (including phenoxy) is 1. The molecule has 1 aliphatic carbocycles. The van der Waals surface area contributed by atoms with Crippen molar-refractivity contribution in [3.63, 3.8) is 0 Å². The summed E-state index contributed by atoms with van der Waals surface area (Å²) in [5.74, 6) is 2.58. The molecule has 1 fully saturated rings. The first-order valence-corrected chi connectivity index (χ1v) is 7.87. The molecule has 0 saturated heterocycles. The Kier molecular flexibility index (Phi) is 5.08. The van der Waals surface area contributed by atoms with Crippen LogP contribution in [0.2, 0.25) is 0 Å². The Balaban J connectivity index is 2.15. The van der Waals surface area contributed by atoms with E-state index in [2.05, 4.69) is 48.8 Å². The van der Waals surface area contributed by atoms with Crippen LogP contribution in [0.15, 0.2) is 6.20 Å². The summed E-state index contributed by atoms with van der Waals surface area (Å²) in [6.07, 6.45) is 6.09. The smallest absolute Gasteiger partial charge is 0.203 e. The molecular formula is C16H29N3O. The van der Waals surface area contributed by atoms with Crippen molar-refractivity contribution in [2.24, 2.45) is 11.8 Å². The fourth-order valence-corrected chi connectivity index (χ4v) is 3.58. The van der Waals surface area contributed by atoms with Gasteiger partial charge in [0.25, 0.3) is 0 Å². The van der Waals surface area contributed by atoms with E-state index in [9.17, 15) is 0 Å². The first kappa shape index (κ1) is 15.4. The number of aromatic nitrogens is 2. The van der Waals surface area contributed by atoms with Gasteiger partial charge in [0.15, 0.2) is 0 Å². The standard InChI is InChI=1S/C16H29N3O/c1-6-14-7-8-15(13(14)4)19-9-11(2)17-16(19)18-12(3)10-20-5/h9,12-15H,6-8,10H2,1-5H3,(H,17,18). The Hall–Kier alpha value is -1.03. The molecular weight excluding hydrogens is 250 g/mol. The third kappa shape index (κ3) is 3.17. The molecule has 1 aromatic rings. The van der Waals surface area contributed by atoms with Gasteiger partial charge in [0.2, 0.25) is 5.95 Å². The number of imidazole rings is 1. The predicted octanol–water partition coefficient (Wildman–Crippen LogP) is 3.64. The molecule has 0 radical (unpaired) electrons. The summed E-state index contributed by atoms with van der Waals surface area (Å²) < 4.78 is 7.57. The van der Waals surface area contributed by atoms with Crippen molar-refractivity contribution >= 4 is 5.95 Å². The lowest BCUT2D eigenvalue weighted by Crippen LogP contribution is -2.25. The van der Waals surface area contributed by atoms with Crippen LogP contribution >= 0.6 is 0 Å². The van der Waals surface area contributed by atoms with Crippen molar-refractivity contribution in [1.29, 1.82) is 0 Å². The van der Waals surface area contributed by atoms with E-state index in [4.69, 9.17) is 4.74 Å². The molecule has 114 valence electrons. The molecule has 1 aliphatic rings. The van der Waals surface area contributed by atoms with Gasteiger partial charge in [-0.25, -0.2) is 4.98 Å². The predicted molar refractivity (Wildman–Crippen MR) is 83.1 cm³/mol. The molecule has 4 unspecified atom stereocenters. The minimum atomic E-state index is 0.277. The number of methoxy groups -OCH3 is 1. The Morgan fingerprint density at radius 3 is 2.85 bits per heavy atom. The highest BCUT2D eigenvalue weighted by Gasteiger charge is 2.34. The molecule has 4 heteroatoms. The lowest BCUT2D eigenvalue weighted by Gasteiger charge is -2.24. The maximum absolute atomic E-state index is 5.20. The first-order valence-electron chi connectivity index (χ1n) is 7.87. The van der Waals surface area contributed by atoms with E-state index >= 15 is 0 Å². The van der Waals surface area contributed by atoms with Gasteiger partial charge in [-0.15, -0.1) is 0 Å². The molecule has 1 heterocycles. The topological polar surface area (TPSA) is 39.1 Å². The van der Waals surface area contributed by atoms with Crippen molar-refractivity contribution in [2.45, 2.75) is 59.0 Å². The molecule has 20 heavy (non-hydrogen) atoms. The molecule has 1 N–H and O–H groups in total. The van der Waals surface area contributed by atoms with Gasteiger partial charge >= 0.3 is 0 Å². The molecule has 1 saturated carbocycles. The zero-order valence-corrected chi connectivity index (χ0v) is 13.5. The van der Waals surface area contributed by atoms with E-state index < -0.39 is 0 Å². The lowest BCUT2D eigenvalue weighted by molar-refractivity contribution is 0.190. The highest BCUT2D eigenvalue weighted by molar-refractivity contribution is 5.31. The van der Waals surface area contributed by atoms with Gasteiger partial charge in [0.1, 0.15) is 0 Å². The van der Waals surface area contributed by atoms with Gasteiger partial charge in [0.05, 0.1) is 12.3 Å². The normalized spacial score (nSPS) is 27.8. The summed E-state index contributed by atoms with van der Waals surface area (Å²) in [4.78, 5) is 4.66. The number of hydrogen-bond acceptors (Lipinski definition) is 3. The molecule has 4 atom stereocenters. The number of aryl methyl sites for hydroxylation is 1. The molecule has 0 aliphatic heterocycles. The van der Waals surface area contributed by atoms with Crippen LogP contribution in [0.3, 0.4) is 0 Å². The van der Waals surface area contributed by atoms with Crippen LogP contribution < -0.4 is 5.32 Å². The number of nitrogens with one attached hydrogen (secondary N) is 1. The van der Waals surface area contributed by atoms with Crippen LogP contribution in [0.1, 0.15) is 51.8 Å². The fraction of sp³-hybridized carbons (Fsp3) is 0.812. The number of hydrogen-bond donors (Lipinski definition) is 1. The monoisotopic (exact) mass is 279 g/mol. The van der Waals surface area contributed by atoms with E-state index in [0.717, 1.165) is 23.5 Å². The quantitative estimate of drug-likeness (QED) is 0.864. The van der Waals surface area contributed by atoms with Crippen LogP contribution in [-0.4, -0.2) is 29.3 Å². The van der Waals surface area contributed by atoms with Crippen molar-refractivity contribution in [1.82, 2.24) is 9.55 Å². The van der Waals surface area contributed by atoms with Gasteiger partial charge < -0.3 is 14.6 Å². The van der Waals surface area contributed by atoms with Crippen molar-refractivity contribution in [3.8, 4) is 0 Å². The number of rotatable bonds is 6. The lowest BCUT2D eigenvalue weighted by atomic mass is 9.93. The fourth-order valence-electron chi connectivity index (χ4n) is 3.58. The van der Waals surface area contributed by atoms with Gasteiger partial charge in [-0.05, 0) is 38.5 Å². The molecule has 0 spiro atoms. The summed E-state index contributed by atoms with van der Waals surface area (Å²) in [5, 5.41) is 3.49. The summed E-state index contributed by atoms with van der Waals surface area (Å²) >= 11 is 0. The largest absolute Gasteiger partial charge is 0.383 e. The average molecular weight is 279 g/mol. The second kappa shape index (κ2) is 6.61. The Bertz CT molecular complexity index is 429. The Morgan fingerprint density at radius 1 is 1.50 bits per heavy atom. The highest BCUT2D eigenvalue weighted by atomic mass is 16.5. The van der Waals surface area contributed by atoms with Crippen LogP contribution in [0.4, 0.5) is 5.95 Å². The van der Waals surface area contributed by atoms with Crippen molar-refractivity contribution < 1.29 is 4.74 Å². The van der Waals surface area contributed by atoms with E-state index in [-0.39, 0.29) is 6.04 Å². The second-order valence-electron chi connectivity index (χ2n) is 6.29. The average Bonchev–Trinajstić information content (AvgIpc) is 2.92. The van der Waals surface area contributed by atoms with Gasteiger partial charge in [-0.1, -0.05) is 20.3 Å². The number of nitrogens with zero attached hydrogens (tertiary/aromatic N) is 2. The van der Waals surface area contributed by atoms with Crippen LogP contribution in [0.25, 0.3) is 0 Å². The molecule has 0 aromatic carbocycles. The summed E-state index contributed by atoms with van der Waals surface area (Å²) in [5.41, 5.74) is 1.09. The highest BCUT2D eigenvalue weighted by Crippen LogP contribution is 2.42. The molecule has 2 rings (SSSR count). The second-order valence-corrected chi connectivity index (χ2v) is 6.29. The molecule has 0 amide bonds. The third-order valence-corrected chi connectivity index (χ3v) is 4.71. The summed E-state index contributed by atoms with van der Waals surface area (Å²) in [6.45, 7) is 9.60. The van der Waals surface area contributed by atoms with Crippen LogP contribution in [0, 0.1) is 18.8 Å². The minimum absolute atomic E-state index is 0.277. The van der Waals surface area contributed by atoms with E-state index in [0.29, 0.717) is 12.6 Å². The zero-order valence-electron chi connectivity index (χ0n) is 13.5. The SMILES string of the molecule is CCC1CCC(n2cc(C)nc2NC(C)COC)C1C. The van der Waals surface area contributed by atoms with E-state index in [1.807, 2.05) is 0 Å². The van der Waals surface area contributed by atoms with E-state index in [1.54, 1.807) is 7.11 Å². The maximum Gasteiger partial charge on any atom is 0.203 e. The minimum Gasteiger partial charge on any atom is -0.383 e. The first-order chi connectivity index (χ1) is 9.56. The summed E-state index contributed by atoms with van der Waals surface area (Å²) in [6, 6.07) is 0.859. The Morgan fingerprint density at radius 2 is 2.25 bits per heavy atom. The van der Waals surface area contributed by atoms with Crippen LogP contribution in [-0.2, 0) is 4.74 Å². The summed E-state index contributed by atoms with van der Waals surface area (Å²) in [7, 11) is 1.74.